The predicted molar refractivity (Wildman–Crippen MR) is 126 cm³/mol. The molecular formula is C25H27FN6O. The van der Waals surface area contributed by atoms with E-state index in [0.29, 0.717) is 23.7 Å². The zero-order valence-corrected chi connectivity index (χ0v) is 18.8. The molecule has 1 aromatic carbocycles. The van der Waals surface area contributed by atoms with Crippen LogP contribution in [0.25, 0.3) is 11.1 Å². The largest absolute Gasteiger partial charge is 0.482 e. The normalized spacial score (nSPS) is 20.5. The fourth-order valence-corrected chi connectivity index (χ4v) is 4.24. The molecule has 2 bridgehead atoms. The predicted octanol–water partition coefficient (Wildman–Crippen LogP) is 3.94. The van der Waals surface area contributed by atoms with E-state index in [0.717, 1.165) is 40.2 Å². The fourth-order valence-electron chi connectivity index (χ4n) is 4.24. The van der Waals surface area contributed by atoms with Crippen molar-refractivity contribution in [1.29, 1.82) is 0 Å². The molecule has 3 aromatic rings. The van der Waals surface area contributed by atoms with Crippen LogP contribution in [0, 0.1) is 11.7 Å². The molecule has 0 saturated heterocycles. The van der Waals surface area contributed by atoms with Gasteiger partial charge in [-0.15, -0.1) is 0 Å². The van der Waals surface area contributed by atoms with E-state index in [1.165, 1.54) is 25.0 Å². The molecule has 1 saturated carbocycles. The van der Waals surface area contributed by atoms with Crippen molar-refractivity contribution in [3.63, 3.8) is 0 Å². The SMILES string of the molecule is C[C@H]1Oc2cc(cnc2N)C(=NCC2CC2)C(=CN)Cc2nn(C)cc2-c2ccc(F)cc21. The van der Waals surface area contributed by atoms with Crippen LogP contribution in [-0.4, -0.2) is 27.0 Å². The van der Waals surface area contributed by atoms with Gasteiger partial charge in [-0.25, -0.2) is 9.37 Å². The van der Waals surface area contributed by atoms with Crippen molar-refractivity contribution in [2.24, 2.45) is 23.7 Å². The molecule has 0 radical (unpaired) electrons. The molecule has 0 amide bonds. The summed E-state index contributed by atoms with van der Waals surface area (Å²) in [5.41, 5.74) is 17.9. The Morgan fingerprint density at radius 3 is 2.85 bits per heavy atom. The quantitative estimate of drug-likeness (QED) is 0.620. The molecule has 4 N–H and O–H groups in total. The van der Waals surface area contributed by atoms with Crippen molar-refractivity contribution < 1.29 is 9.13 Å². The first kappa shape index (κ1) is 21.2. The van der Waals surface area contributed by atoms with Crippen molar-refractivity contribution in [2.75, 3.05) is 12.3 Å². The zero-order chi connectivity index (χ0) is 23.1. The minimum atomic E-state index is -0.473. The van der Waals surface area contributed by atoms with Gasteiger partial charge in [0.05, 0.1) is 11.4 Å². The number of nitrogens with zero attached hydrogens (tertiary/aromatic N) is 4. The lowest BCUT2D eigenvalue weighted by Gasteiger charge is -2.21. The van der Waals surface area contributed by atoms with Gasteiger partial charge in [0.1, 0.15) is 11.9 Å². The number of halogens is 1. The molecule has 2 aliphatic rings. The molecule has 8 heteroatoms. The summed E-state index contributed by atoms with van der Waals surface area (Å²) in [6.45, 7) is 2.61. The molecular weight excluding hydrogens is 419 g/mol. The summed E-state index contributed by atoms with van der Waals surface area (Å²) in [6.07, 6.45) is 7.61. The van der Waals surface area contributed by atoms with E-state index < -0.39 is 6.10 Å². The Labute approximate surface area is 192 Å². The smallest absolute Gasteiger partial charge is 0.166 e. The van der Waals surface area contributed by atoms with Crippen LogP contribution in [0.5, 0.6) is 5.75 Å². The number of rotatable bonds is 2. The number of aryl methyl sites for hydroxylation is 1. The number of nitrogen functional groups attached to an aromatic ring is 1. The number of nitrogens with two attached hydrogens (primary N) is 2. The molecule has 0 unspecified atom stereocenters. The van der Waals surface area contributed by atoms with E-state index >= 15 is 0 Å². The second kappa shape index (κ2) is 8.35. The number of ether oxygens (including phenoxy) is 1. The summed E-state index contributed by atoms with van der Waals surface area (Å²) in [4.78, 5) is 9.29. The number of hydrogen-bond donors (Lipinski definition) is 2. The third-order valence-corrected chi connectivity index (χ3v) is 6.17. The van der Waals surface area contributed by atoms with Crippen LogP contribution in [0.4, 0.5) is 10.2 Å². The van der Waals surface area contributed by atoms with E-state index in [1.54, 1.807) is 23.1 Å². The van der Waals surface area contributed by atoms with Gasteiger partial charge in [0.15, 0.2) is 11.6 Å². The minimum Gasteiger partial charge on any atom is -0.482 e. The molecule has 1 fully saturated rings. The van der Waals surface area contributed by atoms with Gasteiger partial charge in [0, 0.05) is 49.1 Å². The highest BCUT2D eigenvalue weighted by Gasteiger charge is 2.25. The zero-order valence-electron chi connectivity index (χ0n) is 18.8. The summed E-state index contributed by atoms with van der Waals surface area (Å²) in [5.74, 6) is 0.974. The van der Waals surface area contributed by atoms with Crippen LogP contribution in [0.3, 0.4) is 0 Å². The van der Waals surface area contributed by atoms with E-state index in [2.05, 4.69) is 4.98 Å². The van der Waals surface area contributed by atoms with E-state index in [-0.39, 0.29) is 11.6 Å². The lowest BCUT2D eigenvalue weighted by Crippen LogP contribution is -2.15. The Bertz CT molecular complexity index is 1270. The summed E-state index contributed by atoms with van der Waals surface area (Å²) >= 11 is 0. The lowest BCUT2D eigenvalue weighted by molar-refractivity contribution is 0.227. The number of allylic oxidation sites excluding steroid dienone is 1. The second-order valence-corrected chi connectivity index (χ2v) is 8.76. The Balaban J connectivity index is 1.72. The van der Waals surface area contributed by atoms with E-state index in [9.17, 15) is 4.39 Å². The van der Waals surface area contributed by atoms with Crippen LogP contribution in [-0.2, 0) is 13.5 Å². The maximum atomic E-state index is 14.3. The van der Waals surface area contributed by atoms with Gasteiger partial charge in [-0.3, -0.25) is 9.67 Å². The maximum Gasteiger partial charge on any atom is 0.166 e. The fraction of sp³-hybridized carbons (Fsp3) is 0.320. The first-order valence-corrected chi connectivity index (χ1v) is 11.1. The third kappa shape index (κ3) is 4.20. The number of fused-ring (bicyclic) bond motifs is 5. The number of pyridine rings is 1. The molecule has 170 valence electrons. The number of aromatic nitrogens is 3. The Kier molecular flexibility index (Phi) is 5.36. The number of aliphatic imine (C=N–C) groups is 1. The van der Waals surface area contributed by atoms with E-state index in [1.807, 2.05) is 26.2 Å². The van der Waals surface area contributed by atoms with Gasteiger partial charge < -0.3 is 16.2 Å². The van der Waals surface area contributed by atoms with Crippen molar-refractivity contribution in [3.05, 3.63) is 71.1 Å². The van der Waals surface area contributed by atoms with Gasteiger partial charge in [-0.2, -0.15) is 5.10 Å². The first-order chi connectivity index (χ1) is 15.9. The highest BCUT2D eigenvalue weighted by atomic mass is 19.1. The number of hydrogen-bond acceptors (Lipinski definition) is 6. The summed E-state index contributed by atoms with van der Waals surface area (Å²) in [6, 6.07) is 6.56. The summed E-state index contributed by atoms with van der Waals surface area (Å²) in [7, 11) is 1.87. The van der Waals surface area contributed by atoms with Crippen LogP contribution in [0.2, 0.25) is 0 Å². The summed E-state index contributed by atoms with van der Waals surface area (Å²) < 4.78 is 22.3. The highest BCUT2D eigenvalue weighted by molar-refractivity contribution is 6.13. The van der Waals surface area contributed by atoms with Crippen LogP contribution in [0.1, 0.15) is 42.7 Å². The third-order valence-electron chi connectivity index (χ3n) is 6.17. The highest BCUT2D eigenvalue weighted by Crippen LogP contribution is 2.37. The lowest BCUT2D eigenvalue weighted by atomic mass is 9.92. The van der Waals surface area contributed by atoms with Crippen LogP contribution >= 0.6 is 0 Å². The summed E-state index contributed by atoms with van der Waals surface area (Å²) in [5, 5.41) is 4.71. The van der Waals surface area contributed by atoms with Gasteiger partial charge in [0.25, 0.3) is 0 Å². The molecule has 33 heavy (non-hydrogen) atoms. The molecule has 7 nitrogen and oxygen atoms in total. The van der Waals surface area contributed by atoms with Gasteiger partial charge >= 0.3 is 0 Å². The average Bonchev–Trinajstić information content (AvgIpc) is 3.55. The van der Waals surface area contributed by atoms with Crippen molar-refractivity contribution in [2.45, 2.75) is 32.3 Å². The monoisotopic (exact) mass is 446 g/mol. The van der Waals surface area contributed by atoms with Crippen LogP contribution < -0.4 is 16.2 Å². The Hall–Kier alpha value is -3.68. The number of benzene rings is 1. The standard InChI is InChI=1S/C25H27FN6O/c1-14-20-9-18(26)5-6-19(20)21-13-32(2)31-22(21)7-16(10-27)24(29-11-15-3-4-15)17-8-23(33-14)25(28)30-12-17/h5-6,8-10,12-15H,3-4,7,11,27H2,1-2H3,(H2,28,30)/t14-/m1/s1. The first-order valence-electron chi connectivity index (χ1n) is 11.1. The molecule has 5 rings (SSSR count). The Morgan fingerprint density at radius 1 is 1.27 bits per heavy atom. The molecule has 1 aliphatic heterocycles. The molecule has 0 spiro atoms. The van der Waals surface area contributed by atoms with Gasteiger partial charge in [-0.05, 0) is 61.2 Å². The maximum absolute atomic E-state index is 14.3. The number of anilines is 1. The van der Waals surface area contributed by atoms with E-state index in [4.69, 9.17) is 26.3 Å². The molecule has 3 heterocycles. The average molecular weight is 447 g/mol. The Morgan fingerprint density at radius 2 is 2.09 bits per heavy atom. The molecule has 2 aromatic heterocycles. The minimum absolute atomic E-state index is 0.266. The topological polar surface area (TPSA) is 104 Å². The van der Waals surface area contributed by atoms with Crippen molar-refractivity contribution >= 4 is 11.5 Å². The second-order valence-electron chi connectivity index (χ2n) is 8.76. The van der Waals surface area contributed by atoms with Crippen molar-refractivity contribution in [3.8, 4) is 16.9 Å². The van der Waals surface area contributed by atoms with Crippen LogP contribution in [0.15, 0.2) is 53.4 Å². The van der Waals surface area contributed by atoms with Gasteiger partial charge in [0.2, 0.25) is 0 Å². The van der Waals surface area contributed by atoms with Gasteiger partial charge in [-0.1, -0.05) is 6.07 Å². The van der Waals surface area contributed by atoms with Crippen molar-refractivity contribution in [1.82, 2.24) is 14.8 Å². The molecule has 1 aliphatic carbocycles. The molecule has 1 atom stereocenters.